The summed E-state index contributed by atoms with van der Waals surface area (Å²) >= 11 is 0. The highest BCUT2D eigenvalue weighted by molar-refractivity contribution is 14.0. The Morgan fingerprint density at radius 1 is 1.06 bits per heavy atom. The number of benzene rings is 1. The molecule has 7 nitrogen and oxygen atoms in total. The van der Waals surface area contributed by atoms with Crippen LogP contribution in [-0.4, -0.2) is 38.3 Å². The van der Waals surface area contributed by atoms with Gasteiger partial charge < -0.3 is 24.8 Å². The number of methoxy groups -OCH3 is 2. The molecule has 0 amide bonds. The highest BCUT2D eigenvalue weighted by Gasteiger charge is 2.19. The maximum absolute atomic E-state index is 5.92. The van der Waals surface area contributed by atoms with Gasteiger partial charge in [0.15, 0.2) is 17.5 Å². The van der Waals surface area contributed by atoms with Crippen molar-refractivity contribution in [3.05, 3.63) is 42.1 Å². The molecular weight excluding hydrogens is 507 g/mol. The Bertz CT molecular complexity index is 815. The fourth-order valence-corrected chi connectivity index (χ4v) is 3.58. The Morgan fingerprint density at radius 2 is 1.74 bits per heavy atom. The second-order valence-electron chi connectivity index (χ2n) is 7.63. The molecule has 0 bridgehead atoms. The number of halogens is 1. The molecule has 0 radical (unpaired) electrons. The highest BCUT2D eigenvalue weighted by atomic mass is 127. The van der Waals surface area contributed by atoms with E-state index in [1.54, 1.807) is 27.5 Å². The van der Waals surface area contributed by atoms with E-state index in [4.69, 9.17) is 14.2 Å². The van der Waals surface area contributed by atoms with E-state index in [9.17, 15) is 0 Å². The van der Waals surface area contributed by atoms with Crippen LogP contribution in [0.2, 0.25) is 0 Å². The SMILES string of the molecule is CN=C(NCc1ccc(Oc2c(OC)cccc2OC)nc1)NC1CCC(C)CC1.I. The van der Waals surface area contributed by atoms with E-state index in [0.29, 0.717) is 35.7 Å². The van der Waals surface area contributed by atoms with E-state index in [1.165, 1.54) is 25.7 Å². The Balaban J connectivity index is 0.00000341. The van der Waals surface area contributed by atoms with Gasteiger partial charge in [-0.05, 0) is 49.3 Å². The summed E-state index contributed by atoms with van der Waals surface area (Å²) in [4.78, 5) is 8.77. The highest BCUT2D eigenvalue weighted by Crippen LogP contribution is 2.39. The summed E-state index contributed by atoms with van der Waals surface area (Å²) in [6, 6.07) is 9.80. The molecule has 0 atom stereocenters. The number of aliphatic imine (C=N–C) groups is 1. The lowest BCUT2D eigenvalue weighted by Gasteiger charge is -2.28. The Labute approximate surface area is 202 Å². The number of rotatable bonds is 7. The summed E-state index contributed by atoms with van der Waals surface area (Å²) in [7, 11) is 4.99. The monoisotopic (exact) mass is 540 g/mol. The van der Waals surface area contributed by atoms with Crippen LogP contribution in [0.3, 0.4) is 0 Å². The lowest BCUT2D eigenvalue weighted by Crippen LogP contribution is -2.44. The number of nitrogens with zero attached hydrogens (tertiary/aromatic N) is 2. The fraction of sp³-hybridized carbons (Fsp3) is 0.478. The average molecular weight is 540 g/mol. The maximum Gasteiger partial charge on any atom is 0.219 e. The summed E-state index contributed by atoms with van der Waals surface area (Å²) < 4.78 is 16.6. The van der Waals surface area contributed by atoms with E-state index < -0.39 is 0 Å². The quantitative estimate of drug-likeness (QED) is 0.300. The van der Waals surface area contributed by atoms with Gasteiger partial charge in [-0.2, -0.15) is 0 Å². The summed E-state index contributed by atoms with van der Waals surface area (Å²) in [5.74, 6) is 3.82. The van der Waals surface area contributed by atoms with Crippen LogP contribution in [0, 0.1) is 5.92 Å². The van der Waals surface area contributed by atoms with Crippen molar-refractivity contribution in [2.75, 3.05) is 21.3 Å². The Kier molecular flexibility index (Phi) is 10.2. The number of pyridine rings is 1. The molecule has 31 heavy (non-hydrogen) atoms. The lowest BCUT2D eigenvalue weighted by atomic mass is 9.87. The van der Waals surface area contributed by atoms with Crippen LogP contribution >= 0.6 is 24.0 Å². The van der Waals surface area contributed by atoms with Gasteiger partial charge in [-0.15, -0.1) is 24.0 Å². The second kappa shape index (κ2) is 12.6. The van der Waals surface area contributed by atoms with Crippen LogP contribution in [0.1, 0.15) is 38.2 Å². The number of hydrogen-bond donors (Lipinski definition) is 2. The van der Waals surface area contributed by atoms with Crippen molar-refractivity contribution < 1.29 is 14.2 Å². The number of para-hydroxylation sites is 1. The third-order valence-corrected chi connectivity index (χ3v) is 5.43. The van der Waals surface area contributed by atoms with E-state index in [0.717, 1.165) is 17.4 Å². The molecule has 1 heterocycles. The first kappa shape index (κ1) is 25.0. The molecule has 0 saturated heterocycles. The first-order valence-electron chi connectivity index (χ1n) is 10.4. The molecule has 0 unspecified atom stereocenters. The molecule has 0 aliphatic heterocycles. The van der Waals surface area contributed by atoms with Crippen LogP contribution in [0.25, 0.3) is 0 Å². The summed E-state index contributed by atoms with van der Waals surface area (Å²) in [6.45, 7) is 2.96. The van der Waals surface area contributed by atoms with Gasteiger partial charge in [0.05, 0.1) is 14.2 Å². The van der Waals surface area contributed by atoms with Crippen molar-refractivity contribution in [2.24, 2.45) is 10.9 Å². The zero-order chi connectivity index (χ0) is 21.3. The minimum Gasteiger partial charge on any atom is -0.493 e. The Morgan fingerprint density at radius 3 is 2.29 bits per heavy atom. The van der Waals surface area contributed by atoms with Crippen molar-refractivity contribution in [1.82, 2.24) is 15.6 Å². The van der Waals surface area contributed by atoms with Crippen molar-refractivity contribution in [3.63, 3.8) is 0 Å². The number of aromatic nitrogens is 1. The standard InChI is InChI=1S/C23H32N4O3.HI/c1-16-8-11-18(12-9-16)27-23(24-2)26-15-17-10-13-21(25-14-17)30-22-19(28-3)6-5-7-20(22)29-4;/h5-7,10,13-14,16,18H,8-9,11-12,15H2,1-4H3,(H2,24,26,27);1H. The predicted octanol–water partition coefficient (Wildman–Crippen LogP) is 4.75. The molecule has 1 aliphatic carbocycles. The van der Waals surface area contributed by atoms with Gasteiger partial charge in [-0.3, -0.25) is 4.99 Å². The Hall–Kier alpha value is -2.23. The normalized spacial score (nSPS) is 18.5. The van der Waals surface area contributed by atoms with Crippen LogP contribution < -0.4 is 24.8 Å². The van der Waals surface area contributed by atoms with Gasteiger partial charge in [-0.1, -0.05) is 19.1 Å². The van der Waals surface area contributed by atoms with Gasteiger partial charge in [0.25, 0.3) is 0 Å². The van der Waals surface area contributed by atoms with Crippen molar-refractivity contribution in [2.45, 2.75) is 45.2 Å². The third-order valence-electron chi connectivity index (χ3n) is 5.43. The van der Waals surface area contributed by atoms with Gasteiger partial charge in [0.2, 0.25) is 11.6 Å². The van der Waals surface area contributed by atoms with Gasteiger partial charge in [-0.25, -0.2) is 4.98 Å². The third kappa shape index (κ3) is 7.15. The minimum atomic E-state index is 0. The lowest BCUT2D eigenvalue weighted by molar-refractivity contribution is 0.329. The predicted molar refractivity (Wildman–Crippen MR) is 134 cm³/mol. The largest absolute Gasteiger partial charge is 0.493 e. The number of guanidine groups is 1. The summed E-state index contributed by atoms with van der Waals surface area (Å²) in [6.07, 6.45) is 6.73. The second-order valence-corrected chi connectivity index (χ2v) is 7.63. The van der Waals surface area contributed by atoms with E-state index in [-0.39, 0.29) is 24.0 Å². The van der Waals surface area contributed by atoms with Gasteiger partial charge in [0.1, 0.15) is 0 Å². The van der Waals surface area contributed by atoms with Crippen LogP contribution in [0.15, 0.2) is 41.5 Å². The molecule has 2 aromatic rings. The minimum absolute atomic E-state index is 0. The average Bonchev–Trinajstić information content (AvgIpc) is 2.79. The van der Waals surface area contributed by atoms with Gasteiger partial charge in [0, 0.05) is 31.9 Å². The molecule has 1 aromatic heterocycles. The molecule has 170 valence electrons. The van der Waals surface area contributed by atoms with Crippen LogP contribution in [0.4, 0.5) is 0 Å². The molecule has 1 aliphatic rings. The summed E-state index contributed by atoms with van der Waals surface area (Å²) in [5.41, 5.74) is 1.04. The number of nitrogens with one attached hydrogen (secondary N) is 2. The maximum atomic E-state index is 5.92. The first-order valence-corrected chi connectivity index (χ1v) is 10.4. The fourth-order valence-electron chi connectivity index (χ4n) is 3.58. The van der Waals surface area contributed by atoms with E-state index in [2.05, 4.69) is 27.5 Å². The zero-order valence-corrected chi connectivity index (χ0v) is 21.0. The van der Waals surface area contributed by atoms with Gasteiger partial charge >= 0.3 is 0 Å². The molecule has 0 spiro atoms. The van der Waals surface area contributed by atoms with Crippen molar-refractivity contribution in [1.29, 1.82) is 0 Å². The zero-order valence-electron chi connectivity index (χ0n) is 18.7. The van der Waals surface area contributed by atoms with Crippen LogP contribution in [-0.2, 0) is 6.54 Å². The van der Waals surface area contributed by atoms with Crippen LogP contribution in [0.5, 0.6) is 23.1 Å². The summed E-state index contributed by atoms with van der Waals surface area (Å²) in [5, 5.41) is 6.90. The number of hydrogen-bond acceptors (Lipinski definition) is 5. The molecule has 1 saturated carbocycles. The van der Waals surface area contributed by atoms with E-state index in [1.807, 2.05) is 30.3 Å². The molecule has 2 N–H and O–H groups in total. The number of ether oxygens (including phenoxy) is 3. The molecule has 1 fully saturated rings. The molecule has 8 heteroatoms. The van der Waals surface area contributed by atoms with E-state index >= 15 is 0 Å². The topological polar surface area (TPSA) is 77.0 Å². The first-order chi connectivity index (χ1) is 14.6. The van der Waals surface area contributed by atoms with Crippen molar-refractivity contribution >= 4 is 29.9 Å². The molecular formula is C23H33IN4O3. The molecule has 1 aromatic carbocycles. The smallest absolute Gasteiger partial charge is 0.219 e. The van der Waals surface area contributed by atoms with Crippen molar-refractivity contribution in [3.8, 4) is 23.1 Å². The molecule has 3 rings (SSSR count).